The summed E-state index contributed by atoms with van der Waals surface area (Å²) < 4.78 is 0. The first kappa shape index (κ1) is 21.7. The van der Waals surface area contributed by atoms with Gasteiger partial charge in [-0.15, -0.1) is 24.0 Å². The lowest BCUT2D eigenvalue weighted by Gasteiger charge is -2.48. The molecule has 3 aliphatic rings. The molecule has 150 valence electrons. The summed E-state index contributed by atoms with van der Waals surface area (Å²) in [5.41, 5.74) is 0. The van der Waals surface area contributed by atoms with E-state index in [1.54, 1.807) is 19.0 Å². The number of aliphatic imine (C=N–C) groups is 1. The molecule has 7 heteroatoms. The minimum atomic E-state index is 0. The van der Waals surface area contributed by atoms with Crippen molar-refractivity contribution >= 4 is 35.8 Å². The molecule has 0 aromatic heterocycles. The predicted molar refractivity (Wildman–Crippen MR) is 117 cm³/mol. The number of piperidine rings is 2. The Kier molecular flexibility index (Phi) is 8.44. The zero-order valence-corrected chi connectivity index (χ0v) is 18.9. The SMILES string of the molecule is CCCNC(=NCC(=O)N(C)C)N1CCC2C(CCCN2C2CC2)C1.I. The quantitative estimate of drug-likeness (QED) is 0.374. The summed E-state index contributed by atoms with van der Waals surface area (Å²) in [6, 6.07) is 1.65. The highest BCUT2D eigenvalue weighted by molar-refractivity contribution is 14.0. The third-order valence-corrected chi connectivity index (χ3v) is 5.82. The van der Waals surface area contributed by atoms with Crippen LogP contribution in [0.25, 0.3) is 0 Å². The molecule has 2 atom stereocenters. The molecular weight excluding hydrogens is 441 g/mol. The first-order valence-electron chi connectivity index (χ1n) is 10.1. The van der Waals surface area contributed by atoms with Gasteiger partial charge in [0.25, 0.3) is 0 Å². The third-order valence-electron chi connectivity index (χ3n) is 5.82. The normalized spacial score (nSPS) is 26.7. The standard InChI is InChI=1S/C19H35N5O.HI/c1-4-10-20-19(21-13-18(25)22(2)3)23-12-9-17-15(14-23)6-5-11-24(17)16-7-8-16;/h15-17H,4-14H2,1-3H3,(H,20,21);1H. The number of likely N-dealkylation sites (tertiary alicyclic amines) is 2. The number of hydrogen-bond acceptors (Lipinski definition) is 3. The van der Waals surface area contributed by atoms with Gasteiger partial charge in [0.15, 0.2) is 5.96 Å². The molecule has 26 heavy (non-hydrogen) atoms. The van der Waals surface area contributed by atoms with Gasteiger partial charge in [0.1, 0.15) is 6.54 Å². The van der Waals surface area contributed by atoms with E-state index in [4.69, 9.17) is 0 Å². The Labute approximate surface area is 175 Å². The van der Waals surface area contributed by atoms with Crippen LogP contribution in [0.5, 0.6) is 0 Å². The molecule has 2 saturated heterocycles. The lowest BCUT2D eigenvalue weighted by Crippen LogP contribution is -2.57. The van der Waals surface area contributed by atoms with Crippen LogP contribution in [-0.2, 0) is 4.79 Å². The Balaban J connectivity index is 0.00000243. The van der Waals surface area contributed by atoms with Crippen LogP contribution in [0.3, 0.4) is 0 Å². The van der Waals surface area contributed by atoms with Crippen molar-refractivity contribution in [1.29, 1.82) is 0 Å². The van der Waals surface area contributed by atoms with Crippen LogP contribution in [0.2, 0.25) is 0 Å². The number of guanidine groups is 1. The summed E-state index contributed by atoms with van der Waals surface area (Å²) in [5.74, 6) is 1.74. The number of rotatable bonds is 5. The maximum absolute atomic E-state index is 11.9. The maximum atomic E-state index is 11.9. The molecule has 6 nitrogen and oxygen atoms in total. The van der Waals surface area contributed by atoms with E-state index in [0.717, 1.165) is 50.0 Å². The van der Waals surface area contributed by atoms with Gasteiger partial charge in [-0.25, -0.2) is 4.99 Å². The number of amides is 1. The highest BCUT2D eigenvalue weighted by atomic mass is 127. The summed E-state index contributed by atoms with van der Waals surface area (Å²) in [4.78, 5) is 23.4. The number of fused-ring (bicyclic) bond motifs is 1. The van der Waals surface area contributed by atoms with Crippen LogP contribution in [0.15, 0.2) is 4.99 Å². The maximum Gasteiger partial charge on any atom is 0.243 e. The fourth-order valence-electron chi connectivity index (χ4n) is 4.28. The van der Waals surface area contributed by atoms with Crippen LogP contribution < -0.4 is 5.32 Å². The zero-order chi connectivity index (χ0) is 17.8. The van der Waals surface area contributed by atoms with Crippen molar-refractivity contribution in [1.82, 2.24) is 20.0 Å². The van der Waals surface area contributed by atoms with Crippen LogP contribution in [-0.4, -0.2) is 85.5 Å². The van der Waals surface area contributed by atoms with E-state index in [1.807, 2.05) is 0 Å². The molecule has 2 heterocycles. The zero-order valence-electron chi connectivity index (χ0n) is 16.6. The molecule has 0 bridgehead atoms. The number of likely N-dealkylation sites (N-methyl/N-ethyl adjacent to an activating group) is 1. The molecule has 0 spiro atoms. The Hall–Kier alpha value is -0.570. The first-order valence-corrected chi connectivity index (χ1v) is 10.1. The summed E-state index contributed by atoms with van der Waals surface area (Å²) in [7, 11) is 3.58. The van der Waals surface area contributed by atoms with Crippen LogP contribution in [0.1, 0.15) is 45.4 Å². The van der Waals surface area contributed by atoms with E-state index in [-0.39, 0.29) is 36.4 Å². The van der Waals surface area contributed by atoms with Gasteiger partial charge in [-0.1, -0.05) is 6.92 Å². The minimum Gasteiger partial charge on any atom is -0.356 e. The van der Waals surface area contributed by atoms with Crippen molar-refractivity contribution in [3.8, 4) is 0 Å². The molecule has 2 aliphatic heterocycles. The lowest BCUT2D eigenvalue weighted by molar-refractivity contribution is -0.127. The second-order valence-corrected chi connectivity index (χ2v) is 8.03. The van der Waals surface area contributed by atoms with Crippen LogP contribution in [0, 0.1) is 5.92 Å². The lowest BCUT2D eigenvalue weighted by atomic mass is 9.83. The topological polar surface area (TPSA) is 51.2 Å². The summed E-state index contributed by atoms with van der Waals surface area (Å²) in [5, 5.41) is 3.47. The van der Waals surface area contributed by atoms with Gasteiger partial charge in [-0.3, -0.25) is 9.69 Å². The highest BCUT2D eigenvalue weighted by Gasteiger charge is 2.42. The van der Waals surface area contributed by atoms with Gasteiger partial charge in [0.2, 0.25) is 5.91 Å². The van der Waals surface area contributed by atoms with Crippen LogP contribution >= 0.6 is 24.0 Å². The summed E-state index contributed by atoms with van der Waals surface area (Å²) >= 11 is 0. The minimum absolute atomic E-state index is 0. The van der Waals surface area contributed by atoms with E-state index in [1.165, 1.54) is 38.6 Å². The van der Waals surface area contributed by atoms with Crippen molar-refractivity contribution in [3.05, 3.63) is 0 Å². The Morgan fingerprint density at radius 1 is 1.19 bits per heavy atom. The second-order valence-electron chi connectivity index (χ2n) is 8.03. The molecule has 3 rings (SSSR count). The van der Waals surface area contributed by atoms with Crippen molar-refractivity contribution in [2.24, 2.45) is 10.9 Å². The van der Waals surface area contributed by atoms with Crippen molar-refractivity contribution in [2.75, 3.05) is 46.8 Å². The first-order chi connectivity index (χ1) is 12.1. The van der Waals surface area contributed by atoms with E-state index >= 15 is 0 Å². The number of halogens is 1. The molecule has 1 N–H and O–H groups in total. The van der Waals surface area contributed by atoms with E-state index < -0.39 is 0 Å². The Morgan fingerprint density at radius 3 is 2.62 bits per heavy atom. The molecular formula is C19H36IN5O. The summed E-state index contributed by atoms with van der Waals surface area (Å²) in [6.07, 6.45) is 7.78. The molecule has 1 saturated carbocycles. The fourth-order valence-corrected chi connectivity index (χ4v) is 4.28. The van der Waals surface area contributed by atoms with Crippen molar-refractivity contribution in [2.45, 2.75) is 57.5 Å². The van der Waals surface area contributed by atoms with Gasteiger partial charge < -0.3 is 15.1 Å². The number of nitrogens with one attached hydrogen (secondary N) is 1. The monoisotopic (exact) mass is 477 g/mol. The molecule has 0 aromatic carbocycles. The molecule has 3 fully saturated rings. The second kappa shape index (κ2) is 10.1. The number of carbonyl (C=O) groups is 1. The van der Waals surface area contributed by atoms with E-state index in [0.29, 0.717) is 0 Å². The predicted octanol–water partition coefficient (Wildman–Crippen LogP) is 2.00. The molecule has 0 aromatic rings. The van der Waals surface area contributed by atoms with Gasteiger partial charge >= 0.3 is 0 Å². The highest BCUT2D eigenvalue weighted by Crippen LogP contribution is 2.38. The van der Waals surface area contributed by atoms with Crippen molar-refractivity contribution in [3.63, 3.8) is 0 Å². The number of nitrogens with zero attached hydrogens (tertiary/aromatic N) is 4. The Bertz CT molecular complexity index is 494. The fraction of sp³-hybridized carbons (Fsp3) is 0.895. The van der Waals surface area contributed by atoms with Gasteiger partial charge in [-0.05, 0) is 51.0 Å². The molecule has 0 radical (unpaired) electrons. The van der Waals surface area contributed by atoms with E-state index in [2.05, 4.69) is 27.0 Å². The molecule has 1 amide bonds. The average Bonchev–Trinajstić information content (AvgIpc) is 3.45. The van der Waals surface area contributed by atoms with Gasteiger partial charge in [0.05, 0.1) is 0 Å². The molecule has 1 aliphatic carbocycles. The van der Waals surface area contributed by atoms with Crippen LogP contribution in [0.4, 0.5) is 0 Å². The van der Waals surface area contributed by atoms with Gasteiger partial charge in [-0.2, -0.15) is 0 Å². The smallest absolute Gasteiger partial charge is 0.243 e. The van der Waals surface area contributed by atoms with Crippen molar-refractivity contribution < 1.29 is 4.79 Å². The molecule has 2 unspecified atom stereocenters. The van der Waals surface area contributed by atoms with E-state index in [9.17, 15) is 4.79 Å². The summed E-state index contributed by atoms with van der Waals surface area (Å²) in [6.45, 7) is 6.75. The largest absolute Gasteiger partial charge is 0.356 e. The number of carbonyl (C=O) groups excluding carboxylic acids is 1. The van der Waals surface area contributed by atoms with Gasteiger partial charge in [0, 0.05) is 45.8 Å². The Morgan fingerprint density at radius 2 is 1.96 bits per heavy atom. The average molecular weight is 477 g/mol. The third kappa shape index (κ3) is 5.47. The number of hydrogen-bond donors (Lipinski definition) is 1.